The van der Waals surface area contributed by atoms with Gasteiger partial charge in [-0.15, -0.1) is 0 Å². The van der Waals surface area contributed by atoms with E-state index in [0.29, 0.717) is 17.5 Å². The number of hydrogen-bond acceptors (Lipinski definition) is 4. The molecule has 2 heterocycles. The third kappa shape index (κ3) is 6.26. The van der Waals surface area contributed by atoms with Crippen molar-refractivity contribution in [1.82, 2.24) is 15.0 Å². The van der Waals surface area contributed by atoms with Crippen LogP contribution in [0, 0.1) is 0 Å². The molecule has 0 fully saturated rings. The Bertz CT molecular complexity index is 2920. The zero-order valence-electron chi connectivity index (χ0n) is 29.8. The molecule has 0 amide bonds. The van der Waals surface area contributed by atoms with Gasteiger partial charge in [0.1, 0.15) is 11.2 Å². The molecule has 10 aromatic rings. The molecular formula is C51H33N3O. The Balaban J connectivity index is 1.05. The first-order chi connectivity index (χ1) is 27.2. The van der Waals surface area contributed by atoms with Crippen molar-refractivity contribution >= 4 is 21.9 Å². The van der Waals surface area contributed by atoms with E-state index >= 15 is 0 Å². The molecule has 0 aliphatic carbocycles. The van der Waals surface area contributed by atoms with Gasteiger partial charge < -0.3 is 4.42 Å². The van der Waals surface area contributed by atoms with Crippen molar-refractivity contribution in [1.29, 1.82) is 0 Å². The van der Waals surface area contributed by atoms with E-state index in [4.69, 9.17) is 19.4 Å². The van der Waals surface area contributed by atoms with Crippen LogP contribution in [0.2, 0.25) is 0 Å². The summed E-state index contributed by atoms with van der Waals surface area (Å²) in [4.78, 5) is 15.2. The molecule has 0 atom stereocenters. The molecule has 4 heteroatoms. The largest absolute Gasteiger partial charge is 0.456 e. The third-order valence-electron chi connectivity index (χ3n) is 10.2. The molecule has 0 radical (unpaired) electrons. The van der Waals surface area contributed by atoms with Crippen LogP contribution in [-0.2, 0) is 0 Å². The van der Waals surface area contributed by atoms with Crippen molar-refractivity contribution in [3.05, 3.63) is 200 Å². The van der Waals surface area contributed by atoms with Crippen LogP contribution in [0.5, 0.6) is 0 Å². The molecule has 0 saturated heterocycles. The second kappa shape index (κ2) is 13.8. The molecule has 0 N–H and O–H groups in total. The van der Waals surface area contributed by atoms with Gasteiger partial charge in [0.2, 0.25) is 0 Å². The lowest BCUT2D eigenvalue weighted by Crippen LogP contribution is -2.00. The van der Waals surface area contributed by atoms with E-state index in [9.17, 15) is 0 Å². The number of benzene rings is 8. The third-order valence-corrected chi connectivity index (χ3v) is 10.2. The fraction of sp³-hybridized carbons (Fsp3) is 0. The normalized spacial score (nSPS) is 11.3. The summed E-state index contributed by atoms with van der Waals surface area (Å²) < 4.78 is 6.48. The van der Waals surface area contributed by atoms with Gasteiger partial charge in [0, 0.05) is 27.5 Å². The van der Waals surface area contributed by atoms with Crippen LogP contribution in [0.4, 0.5) is 0 Å². The van der Waals surface area contributed by atoms with E-state index in [2.05, 4.69) is 164 Å². The molecule has 0 spiro atoms. The van der Waals surface area contributed by atoms with Gasteiger partial charge in [0.15, 0.2) is 17.5 Å². The van der Waals surface area contributed by atoms with E-state index in [1.54, 1.807) is 0 Å². The summed E-state index contributed by atoms with van der Waals surface area (Å²) in [6.45, 7) is 0. The van der Waals surface area contributed by atoms with Crippen LogP contribution in [0.15, 0.2) is 205 Å². The number of hydrogen-bond donors (Lipinski definition) is 0. The summed E-state index contributed by atoms with van der Waals surface area (Å²) in [5.41, 5.74) is 13.6. The topological polar surface area (TPSA) is 51.8 Å². The van der Waals surface area contributed by atoms with Crippen molar-refractivity contribution in [2.45, 2.75) is 0 Å². The smallest absolute Gasteiger partial charge is 0.164 e. The first-order valence-corrected chi connectivity index (χ1v) is 18.4. The molecule has 2 aromatic heterocycles. The molecule has 258 valence electrons. The van der Waals surface area contributed by atoms with Crippen molar-refractivity contribution in [3.63, 3.8) is 0 Å². The minimum atomic E-state index is 0.582. The Kier molecular flexibility index (Phi) is 8.12. The fourth-order valence-corrected chi connectivity index (χ4v) is 7.33. The van der Waals surface area contributed by atoms with E-state index in [1.165, 1.54) is 11.1 Å². The summed E-state index contributed by atoms with van der Waals surface area (Å²) in [5, 5.41) is 2.15. The van der Waals surface area contributed by atoms with Crippen LogP contribution < -0.4 is 0 Å². The second-order valence-corrected chi connectivity index (χ2v) is 13.6. The zero-order chi connectivity index (χ0) is 36.6. The monoisotopic (exact) mass is 703 g/mol. The maximum Gasteiger partial charge on any atom is 0.164 e. The van der Waals surface area contributed by atoms with Gasteiger partial charge >= 0.3 is 0 Å². The Morgan fingerprint density at radius 1 is 0.273 bits per heavy atom. The van der Waals surface area contributed by atoms with Gasteiger partial charge in [-0.3, -0.25) is 0 Å². The molecule has 10 rings (SSSR count). The maximum absolute atomic E-state index is 6.48. The lowest BCUT2D eigenvalue weighted by molar-refractivity contribution is 0.669. The number of furan rings is 1. The van der Waals surface area contributed by atoms with Crippen LogP contribution in [0.1, 0.15) is 0 Å². The summed E-state index contributed by atoms with van der Waals surface area (Å²) in [5.74, 6) is 1.80. The predicted molar refractivity (Wildman–Crippen MR) is 225 cm³/mol. The quantitative estimate of drug-likeness (QED) is 0.166. The molecule has 0 aliphatic rings. The minimum absolute atomic E-state index is 0.582. The number of aromatic nitrogens is 3. The molecular weight excluding hydrogens is 671 g/mol. The highest BCUT2D eigenvalue weighted by Crippen LogP contribution is 2.38. The number of fused-ring (bicyclic) bond motifs is 3. The lowest BCUT2D eigenvalue weighted by atomic mass is 9.99. The van der Waals surface area contributed by atoms with E-state index in [1.807, 2.05) is 36.4 Å². The van der Waals surface area contributed by atoms with Crippen LogP contribution >= 0.6 is 0 Å². The first-order valence-electron chi connectivity index (χ1n) is 18.4. The van der Waals surface area contributed by atoms with Crippen LogP contribution in [-0.4, -0.2) is 15.0 Å². The van der Waals surface area contributed by atoms with Gasteiger partial charge in [-0.05, 0) is 62.7 Å². The maximum atomic E-state index is 6.48. The Labute approximate surface area is 319 Å². The van der Waals surface area contributed by atoms with Crippen molar-refractivity contribution in [2.75, 3.05) is 0 Å². The summed E-state index contributed by atoms with van der Waals surface area (Å²) >= 11 is 0. The van der Waals surface area contributed by atoms with Gasteiger partial charge in [-0.1, -0.05) is 182 Å². The van der Waals surface area contributed by atoms with Crippen molar-refractivity contribution in [3.8, 4) is 78.7 Å². The van der Waals surface area contributed by atoms with Gasteiger partial charge in [0.05, 0.1) is 0 Å². The highest BCUT2D eigenvalue weighted by molar-refractivity contribution is 6.13. The van der Waals surface area contributed by atoms with Crippen LogP contribution in [0.3, 0.4) is 0 Å². The Hall–Kier alpha value is -7.43. The molecule has 4 nitrogen and oxygen atoms in total. The molecule has 0 bridgehead atoms. The van der Waals surface area contributed by atoms with E-state index in [-0.39, 0.29) is 0 Å². The van der Waals surface area contributed by atoms with E-state index < -0.39 is 0 Å². The van der Waals surface area contributed by atoms with Crippen molar-refractivity contribution < 1.29 is 4.42 Å². The average Bonchev–Trinajstić information content (AvgIpc) is 3.66. The molecule has 55 heavy (non-hydrogen) atoms. The van der Waals surface area contributed by atoms with Gasteiger partial charge in [0.25, 0.3) is 0 Å². The fourth-order valence-electron chi connectivity index (χ4n) is 7.33. The van der Waals surface area contributed by atoms with E-state index in [0.717, 1.165) is 72.0 Å². The Morgan fingerprint density at radius 3 is 1.13 bits per heavy atom. The SMILES string of the molecule is c1ccc(-c2ccc(-c3ccc(-c4nc(-c5ccc(-c6ccccc6)cc5)nc(-c5ccc6c(c5)oc5cccc(-c7ccccc7)c56)n4)cc3)cc2)cc1. The summed E-state index contributed by atoms with van der Waals surface area (Å²) in [6, 6.07) is 69.3. The standard InChI is InChI=1S/C51H33N3O/c1-4-11-34(12-5-1)36-19-21-38(22-20-36)39-25-29-42(30-26-39)50-52-49(41-27-23-37(24-28-41)35-13-6-2-7-14-35)53-51(54-50)43-31-32-45-47(33-43)55-46-18-10-17-44(48(45)46)40-15-8-3-9-16-40/h1-33H. The first kappa shape index (κ1) is 32.2. The minimum Gasteiger partial charge on any atom is -0.456 e. The second-order valence-electron chi connectivity index (χ2n) is 13.6. The predicted octanol–water partition coefficient (Wildman–Crippen LogP) is 13.4. The Morgan fingerprint density at radius 2 is 0.655 bits per heavy atom. The molecule has 0 aliphatic heterocycles. The summed E-state index contributed by atoms with van der Waals surface area (Å²) in [6.07, 6.45) is 0. The van der Waals surface area contributed by atoms with Gasteiger partial charge in [-0.2, -0.15) is 0 Å². The number of nitrogens with zero attached hydrogens (tertiary/aromatic N) is 3. The highest BCUT2D eigenvalue weighted by Gasteiger charge is 2.17. The number of rotatable bonds is 7. The lowest BCUT2D eigenvalue weighted by Gasteiger charge is -2.10. The zero-order valence-corrected chi connectivity index (χ0v) is 29.8. The van der Waals surface area contributed by atoms with Crippen LogP contribution in [0.25, 0.3) is 101 Å². The average molecular weight is 704 g/mol. The highest BCUT2D eigenvalue weighted by atomic mass is 16.3. The molecule has 0 unspecified atom stereocenters. The van der Waals surface area contributed by atoms with Gasteiger partial charge in [-0.25, -0.2) is 15.0 Å². The molecule has 8 aromatic carbocycles. The van der Waals surface area contributed by atoms with Crippen molar-refractivity contribution in [2.24, 2.45) is 0 Å². The molecule has 0 saturated carbocycles. The summed E-state index contributed by atoms with van der Waals surface area (Å²) in [7, 11) is 0.